The molecule has 1 aromatic carbocycles. The number of pyridine rings is 1. The summed E-state index contributed by atoms with van der Waals surface area (Å²) in [5.74, 6) is 0. The first kappa shape index (κ1) is 12.3. The SMILES string of the molecule is NCCCNc1ccc([N+](=O)[O-])c2cnccc12. The normalized spacial score (nSPS) is 10.5. The Morgan fingerprint density at radius 1 is 1.33 bits per heavy atom. The second kappa shape index (κ2) is 5.42. The van der Waals surface area contributed by atoms with Gasteiger partial charge in [0.2, 0.25) is 0 Å². The van der Waals surface area contributed by atoms with Gasteiger partial charge in [0.1, 0.15) is 0 Å². The van der Waals surface area contributed by atoms with Gasteiger partial charge in [-0.05, 0) is 25.1 Å². The molecule has 1 aromatic heterocycles. The summed E-state index contributed by atoms with van der Waals surface area (Å²) >= 11 is 0. The Kier molecular flexibility index (Phi) is 3.69. The molecule has 0 atom stereocenters. The van der Waals surface area contributed by atoms with Crippen molar-refractivity contribution in [2.75, 3.05) is 18.4 Å². The molecule has 3 N–H and O–H groups in total. The average Bonchev–Trinajstić information content (AvgIpc) is 2.38. The van der Waals surface area contributed by atoms with Crippen molar-refractivity contribution >= 4 is 22.1 Å². The smallest absolute Gasteiger partial charge is 0.278 e. The first-order valence-electron chi connectivity index (χ1n) is 5.69. The van der Waals surface area contributed by atoms with E-state index in [4.69, 9.17) is 5.73 Å². The molecule has 0 aliphatic rings. The summed E-state index contributed by atoms with van der Waals surface area (Å²) < 4.78 is 0. The van der Waals surface area contributed by atoms with Crippen molar-refractivity contribution in [3.63, 3.8) is 0 Å². The van der Waals surface area contributed by atoms with Crippen LogP contribution in [0.1, 0.15) is 6.42 Å². The fourth-order valence-corrected chi connectivity index (χ4v) is 1.81. The molecule has 18 heavy (non-hydrogen) atoms. The molecule has 0 bridgehead atoms. The number of rotatable bonds is 5. The molecule has 0 unspecified atom stereocenters. The van der Waals surface area contributed by atoms with Crippen LogP contribution in [0.5, 0.6) is 0 Å². The lowest BCUT2D eigenvalue weighted by molar-refractivity contribution is -0.383. The van der Waals surface area contributed by atoms with Crippen LogP contribution >= 0.6 is 0 Å². The van der Waals surface area contributed by atoms with E-state index in [-0.39, 0.29) is 5.69 Å². The van der Waals surface area contributed by atoms with Crippen molar-refractivity contribution in [2.45, 2.75) is 6.42 Å². The Balaban J connectivity index is 2.44. The maximum atomic E-state index is 10.9. The second-order valence-electron chi connectivity index (χ2n) is 3.88. The molecule has 1 heterocycles. The first-order valence-corrected chi connectivity index (χ1v) is 5.69. The Morgan fingerprint density at radius 3 is 2.89 bits per heavy atom. The molecule has 0 spiro atoms. The molecule has 6 nitrogen and oxygen atoms in total. The van der Waals surface area contributed by atoms with E-state index in [1.165, 1.54) is 12.3 Å². The van der Waals surface area contributed by atoms with Crippen LogP contribution in [0, 0.1) is 10.1 Å². The molecule has 94 valence electrons. The minimum Gasteiger partial charge on any atom is -0.384 e. The maximum absolute atomic E-state index is 10.9. The van der Waals surface area contributed by atoms with Gasteiger partial charge in [0.05, 0.1) is 10.3 Å². The van der Waals surface area contributed by atoms with Gasteiger partial charge in [-0.25, -0.2) is 0 Å². The molecule has 6 heteroatoms. The minimum absolute atomic E-state index is 0.0717. The fraction of sp³-hybridized carbons (Fsp3) is 0.250. The zero-order chi connectivity index (χ0) is 13.0. The zero-order valence-corrected chi connectivity index (χ0v) is 9.80. The lowest BCUT2D eigenvalue weighted by Gasteiger charge is -2.09. The fourth-order valence-electron chi connectivity index (χ4n) is 1.81. The predicted molar refractivity (Wildman–Crippen MR) is 70.6 cm³/mol. The summed E-state index contributed by atoms with van der Waals surface area (Å²) in [6.07, 6.45) is 3.99. The van der Waals surface area contributed by atoms with Crippen molar-refractivity contribution in [3.8, 4) is 0 Å². The number of aromatic nitrogens is 1. The van der Waals surface area contributed by atoms with Crippen LogP contribution in [0.4, 0.5) is 11.4 Å². The molecule has 0 aliphatic heterocycles. The van der Waals surface area contributed by atoms with Crippen LogP contribution in [0.25, 0.3) is 10.8 Å². The van der Waals surface area contributed by atoms with Crippen molar-refractivity contribution in [1.29, 1.82) is 0 Å². The Hall–Kier alpha value is -2.21. The Bertz CT molecular complexity index is 571. The van der Waals surface area contributed by atoms with Crippen LogP contribution in [0.2, 0.25) is 0 Å². The van der Waals surface area contributed by atoms with E-state index in [0.29, 0.717) is 11.9 Å². The quantitative estimate of drug-likeness (QED) is 0.477. The van der Waals surface area contributed by atoms with Gasteiger partial charge in [-0.3, -0.25) is 15.1 Å². The molecule has 2 aromatic rings. The predicted octanol–water partition coefficient (Wildman–Crippen LogP) is 1.90. The third-order valence-electron chi connectivity index (χ3n) is 2.69. The number of nitro groups is 1. The maximum Gasteiger partial charge on any atom is 0.278 e. The topological polar surface area (TPSA) is 94.1 Å². The van der Waals surface area contributed by atoms with Gasteiger partial charge in [-0.1, -0.05) is 0 Å². The highest BCUT2D eigenvalue weighted by Gasteiger charge is 2.13. The van der Waals surface area contributed by atoms with Crippen LogP contribution in [0.3, 0.4) is 0 Å². The number of fused-ring (bicyclic) bond motifs is 1. The Morgan fingerprint density at radius 2 is 2.17 bits per heavy atom. The number of nitrogens with zero attached hydrogens (tertiary/aromatic N) is 2. The number of nitrogens with one attached hydrogen (secondary N) is 1. The van der Waals surface area contributed by atoms with Gasteiger partial charge in [0.25, 0.3) is 5.69 Å². The summed E-state index contributed by atoms with van der Waals surface area (Å²) in [5, 5.41) is 15.5. The summed E-state index contributed by atoms with van der Waals surface area (Å²) in [6, 6.07) is 4.99. The van der Waals surface area contributed by atoms with E-state index in [0.717, 1.165) is 24.0 Å². The number of anilines is 1. The van der Waals surface area contributed by atoms with Crippen molar-refractivity contribution < 1.29 is 4.92 Å². The number of nitrogens with two attached hydrogens (primary N) is 1. The lowest BCUT2D eigenvalue weighted by Crippen LogP contribution is -2.08. The Labute approximate surface area is 104 Å². The summed E-state index contributed by atoms with van der Waals surface area (Å²) in [6.45, 7) is 1.35. The van der Waals surface area contributed by atoms with Crippen molar-refractivity contribution in [1.82, 2.24) is 4.98 Å². The summed E-state index contributed by atoms with van der Waals surface area (Å²) in [7, 11) is 0. The molecular weight excluding hydrogens is 232 g/mol. The van der Waals surface area contributed by atoms with E-state index in [2.05, 4.69) is 10.3 Å². The third kappa shape index (κ3) is 2.38. The van der Waals surface area contributed by atoms with Gasteiger partial charge >= 0.3 is 0 Å². The molecule has 0 aliphatic carbocycles. The van der Waals surface area contributed by atoms with Crippen molar-refractivity contribution in [3.05, 3.63) is 40.7 Å². The van der Waals surface area contributed by atoms with Gasteiger partial charge < -0.3 is 11.1 Å². The van der Waals surface area contributed by atoms with Gasteiger partial charge in [0, 0.05) is 36.1 Å². The third-order valence-corrected chi connectivity index (χ3v) is 2.69. The first-order chi connectivity index (χ1) is 8.74. The van der Waals surface area contributed by atoms with Gasteiger partial charge in [0.15, 0.2) is 0 Å². The van der Waals surface area contributed by atoms with Crippen LogP contribution in [0.15, 0.2) is 30.6 Å². The highest BCUT2D eigenvalue weighted by Crippen LogP contribution is 2.30. The highest BCUT2D eigenvalue weighted by atomic mass is 16.6. The van der Waals surface area contributed by atoms with E-state index >= 15 is 0 Å². The number of benzene rings is 1. The summed E-state index contributed by atoms with van der Waals surface area (Å²) in [5.41, 5.74) is 6.37. The molecule has 2 rings (SSSR count). The molecule has 0 amide bonds. The van der Waals surface area contributed by atoms with E-state index < -0.39 is 4.92 Å². The number of nitro benzene ring substituents is 1. The molecule has 0 saturated heterocycles. The van der Waals surface area contributed by atoms with Crippen molar-refractivity contribution in [2.24, 2.45) is 5.73 Å². The molecule has 0 saturated carbocycles. The highest BCUT2D eigenvalue weighted by molar-refractivity contribution is 5.99. The number of hydrogen-bond donors (Lipinski definition) is 2. The second-order valence-corrected chi connectivity index (χ2v) is 3.88. The molecule has 0 fully saturated rings. The molecule has 0 radical (unpaired) electrons. The monoisotopic (exact) mass is 246 g/mol. The summed E-state index contributed by atoms with van der Waals surface area (Å²) in [4.78, 5) is 14.5. The lowest BCUT2D eigenvalue weighted by atomic mass is 10.1. The number of hydrogen-bond acceptors (Lipinski definition) is 5. The van der Waals surface area contributed by atoms with E-state index in [1.54, 1.807) is 18.3 Å². The van der Waals surface area contributed by atoms with Gasteiger partial charge in [-0.15, -0.1) is 0 Å². The molecular formula is C12H14N4O2. The van der Waals surface area contributed by atoms with Crippen LogP contribution in [-0.4, -0.2) is 23.0 Å². The zero-order valence-electron chi connectivity index (χ0n) is 9.80. The number of non-ortho nitro benzene ring substituents is 1. The standard InChI is InChI=1S/C12H14N4O2/c13-5-1-6-15-11-2-3-12(16(17)18)10-8-14-7-4-9(10)11/h2-4,7-8,15H,1,5-6,13H2. The average molecular weight is 246 g/mol. The largest absolute Gasteiger partial charge is 0.384 e. The van der Waals surface area contributed by atoms with E-state index in [1.807, 2.05) is 0 Å². The van der Waals surface area contributed by atoms with E-state index in [9.17, 15) is 10.1 Å². The van der Waals surface area contributed by atoms with Crippen LogP contribution < -0.4 is 11.1 Å². The minimum atomic E-state index is -0.395. The van der Waals surface area contributed by atoms with Crippen LogP contribution in [-0.2, 0) is 0 Å². The van der Waals surface area contributed by atoms with Gasteiger partial charge in [-0.2, -0.15) is 0 Å².